The summed E-state index contributed by atoms with van der Waals surface area (Å²) in [6, 6.07) is 14.7. The smallest absolute Gasteiger partial charge is 0.241 e. The lowest BCUT2D eigenvalue weighted by atomic mass is 9.88. The Morgan fingerprint density at radius 2 is 1.86 bits per heavy atom. The van der Waals surface area contributed by atoms with Gasteiger partial charge in [-0.3, -0.25) is 9.10 Å². The van der Waals surface area contributed by atoms with Gasteiger partial charge in [-0.1, -0.05) is 24.3 Å². The Hall–Kier alpha value is -2.54. The van der Waals surface area contributed by atoms with Crippen LogP contribution in [0.15, 0.2) is 48.5 Å². The van der Waals surface area contributed by atoms with Crippen molar-refractivity contribution in [1.82, 2.24) is 5.32 Å². The van der Waals surface area contributed by atoms with Crippen LogP contribution in [0.5, 0.6) is 5.75 Å². The first-order chi connectivity index (χ1) is 13.7. The highest BCUT2D eigenvalue weighted by Crippen LogP contribution is 2.29. The number of carbonyl (C=O) groups excluding carboxylic acids is 1. The van der Waals surface area contributed by atoms with Crippen molar-refractivity contribution in [3.05, 3.63) is 59.7 Å². The third-order valence-electron chi connectivity index (χ3n) is 4.89. The minimum Gasteiger partial charge on any atom is -0.491 e. The van der Waals surface area contributed by atoms with Crippen LogP contribution in [0.4, 0.5) is 5.69 Å². The van der Waals surface area contributed by atoms with Crippen molar-refractivity contribution in [2.75, 3.05) is 17.1 Å². The van der Waals surface area contributed by atoms with E-state index in [0.29, 0.717) is 11.4 Å². The van der Waals surface area contributed by atoms with E-state index in [9.17, 15) is 13.2 Å². The van der Waals surface area contributed by atoms with E-state index in [1.807, 2.05) is 32.0 Å². The normalized spacial score (nSPS) is 16.2. The number of sulfonamides is 1. The molecule has 0 fully saturated rings. The Morgan fingerprint density at radius 1 is 1.17 bits per heavy atom. The van der Waals surface area contributed by atoms with Gasteiger partial charge in [0.15, 0.2) is 0 Å². The summed E-state index contributed by atoms with van der Waals surface area (Å²) in [5.41, 5.74) is 2.79. The molecule has 1 amide bonds. The molecule has 1 unspecified atom stereocenters. The predicted molar refractivity (Wildman–Crippen MR) is 115 cm³/mol. The number of anilines is 1. The van der Waals surface area contributed by atoms with Crippen molar-refractivity contribution in [2.45, 2.75) is 45.3 Å². The minimum absolute atomic E-state index is 0.0241. The molecule has 6 nitrogen and oxygen atoms in total. The van der Waals surface area contributed by atoms with Crippen LogP contribution in [-0.2, 0) is 21.2 Å². The fourth-order valence-electron chi connectivity index (χ4n) is 3.64. The van der Waals surface area contributed by atoms with Crippen molar-refractivity contribution in [2.24, 2.45) is 0 Å². The lowest BCUT2D eigenvalue weighted by molar-refractivity contribution is -0.120. The van der Waals surface area contributed by atoms with Gasteiger partial charge in [-0.15, -0.1) is 0 Å². The van der Waals surface area contributed by atoms with Crippen LogP contribution in [0.1, 0.15) is 43.9 Å². The molecular weight excluding hydrogens is 388 g/mol. The van der Waals surface area contributed by atoms with E-state index < -0.39 is 10.0 Å². The van der Waals surface area contributed by atoms with Crippen LogP contribution in [0.3, 0.4) is 0 Å². The van der Waals surface area contributed by atoms with Gasteiger partial charge in [0.1, 0.15) is 12.3 Å². The molecule has 0 heterocycles. The fourth-order valence-corrected chi connectivity index (χ4v) is 4.49. The Bertz CT molecular complexity index is 955. The molecule has 1 aliphatic carbocycles. The number of nitrogens with one attached hydrogen (secondary N) is 1. The first kappa shape index (κ1) is 21.2. The van der Waals surface area contributed by atoms with Gasteiger partial charge in [0.05, 0.1) is 24.1 Å². The lowest BCUT2D eigenvalue weighted by Gasteiger charge is -2.28. The highest BCUT2D eigenvalue weighted by atomic mass is 32.2. The third-order valence-corrected chi connectivity index (χ3v) is 6.03. The summed E-state index contributed by atoms with van der Waals surface area (Å²) in [7, 11) is -3.62. The van der Waals surface area contributed by atoms with Crippen molar-refractivity contribution in [3.63, 3.8) is 0 Å². The quantitative estimate of drug-likeness (QED) is 0.750. The van der Waals surface area contributed by atoms with Crippen molar-refractivity contribution < 1.29 is 17.9 Å². The van der Waals surface area contributed by atoms with Crippen LogP contribution in [-0.4, -0.2) is 33.2 Å². The van der Waals surface area contributed by atoms with Crippen LogP contribution >= 0.6 is 0 Å². The number of nitrogens with zero attached hydrogens (tertiary/aromatic N) is 1. The first-order valence-electron chi connectivity index (χ1n) is 9.85. The predicted octanol–water partition coefficient (Wildman–Crippen LogP) is 3.43. The van der Waals surface area contributed by atoms with Gasteiger partial charge < -0.3 is 10.1 Å². The molecule has 1 atom stereocenters. The van der Waals surface area contributed by atoms with Crippen LogP contribution in [0.25, 0.3) is 0 Å². The number of hydrogen-bond acceptors (Lipinski definition) is 4. The molecule has 1 N–H and O–H groups in total. The Morgan fingerprint density at radius 3 is 2.52 bits per heavy atom. The van der Waals surface area contributed by atoms with E-state index >= 15 is 0 Å². The van der Waals surface area contributed by atoms with Gasteiger partial charge in [-0.25, -0.2) is 8.42 Å². The largest absolute Gasteiger partial charge is 0.491 e. The highest BCUT2D eigenvalue weighted by Gasteiger charge is 2.25. The summed E-state index contributed by atoms with van der Waals surface area (Å²) in [4.78, 5) is 12.7. The van der Waals surface area contributed by atoms with Crippen molar-refractivity contribution in [3.8, 4) is 5.75 Å². The van der Waals surface area contributed by atoms with Gasteiger partial charge in [0, 0.05) is 0 Å². The summed E-state index contributed by atoms with van der Waals surface area (Å²) < 4.78 is 31.4. The molecule has 3 rings (SSSR count). The third kappa shape index (κ3) is 5.50. The molecule has 0 bridgehead atoms. The second kappa shape index (κ2) is 8.86. The molecule has 2 aromatic rings. The molecule has 0 saturated carbocycles. The summed E-state index contributed by atoms with van der Waals surface area (Å²) in [5, 5.41) is 3.02. The molecule has 7 heteroatoms. The van der Waals surface area contributed by atoms with Gasteiger partial charge in [0.25, 0.3) is 0 Å². The van der Waals surface area contributed by atoms with Crippen LogP contribution in [0, 0.1) is 0 Å². The molecule has 1 aliphatic rings. The molecule has 0 saturated heterocycles. The van der Waals surface area contributed by atoms with E-state index in [1.54, 1.807) is 24.3 Å². The van der Waals surface area contributed by atoms with Crippen LogP contribution in [0.2, 0.25) is 0 Å². The van der Waals surface area contributed by atoms with E-state index in [-0.39, 0.29) is 24.6 Å². The molecule has 0 aliphatic heterocycles. The SMILES string of the molecule is CC(C)Oc1ccc(N(CC(=O)NC2CCCc3ccccc32)S(C)(=O)=O)cc1. The number of aryl methyl sites for hydroxylation is 1. The fraction of sp³-hybridized carbons (Fsp3) is 0.409. The molecule has 0 radical (unpaired) electrons. The monoisotopic (exact) mass is 416 g/mol. The topological polar surface area (TPSA) is 75.7 Å². The summed E-state index contributed by atoms with van der Waals surface area (Å²) in [6.45, 7) is 3.58. The number of benzene rings is 2. The number of amides is 1. The van der Waals surface area contributed by atoms with Gasteiger partial charge in [-0.05, 0) is 68.5 Å². The zero-order valence-electron chi connectivity index (χ0n) is 17.1. The van der Waals surface area contributed by atoms with Gasteiger partial charge in [0.2, 0.25) is 15.9 Å². The summed E-state index contributed by atoms with van der Waals surface area (Å²) in [6.07, 6.45) is 3.98. The zero-order chi connectivity index (χ0) is 21.0. The van der Waals surface area contributed by atoms with E-state index in [2.05, 4.69) is 11.4 Å². The second-order valence-corrected chi connectivity index (χ2v) is 9.55. The minimum atomic E-state index is -3.62. The maximum Gasteiger partial charge on any atom is 0.241 e. The molecule has 29 heavy (non-hydrogen) atoms. The Kier molecular flexibility index (Phi) is 6.47. The zero-order valence-corrected chi connectivity index (χ0v) is 17.9. The second-order valence-electron chi connectivity index (χ2n) is 7.64. The molecule has 156 valence electrons. The van der Waals surface area contributed by atoms with E-state index in [0.717, 1.165) is 35.4 Å². The van der Waals surface area contributed by atoms with Gasteiger partial charge >= 0.3 is 0 Å². The molecular formula is C22H28N2O4S. The molecule has 2 aromatic carbocycles. The number of fused-ring (bicyclic) bond motifs is 1. The maximum atomic E-state index is 12.7. The highest BCUT2D eigenvalue weighted by molar-refractivity contribution is 7.92. The van der Waals surface area contributed by atoms with Gasteiger partial charge in [-0.2, -0.15) is 0 Å². The standard InChI is InChI=1S/C22H28N2O4S/c1-16(2)28-19-13-11-18(12-14-19)24(29(3,26)27)15-22(25)23-21-10-6-8-17-7-4-5-9-20(17)21/h4-5,7,9,11-14,16,21H,6,8,10,15H2,1-3H3,(H,23,25). The summed E-state index contributed by atoms with van der Waals surface area (Å²) in [5.74, 6) is 0.333. The van der Waals surface area contributed by atoms with E-state index in [4.69, 9.17) is 4.74 Å². The average Bonchev–Trinajstić information content (AvgIpc) is 2.66. The van der Waals surface area contributed by atoms with E-state index in [1.165, 1.54) is 5.56 Å². The number of rotatable bonds is 7. The summed E-state index contributed by atoms with van der Waals surface area (Å²) >= 11 is 0. The van der Waals surface area contributed by atoms with Crippen LogP contribution < -0.4 is 14.4 Å². The number of carbonyl (C=O) groups is 1. The van der Waals surface area contributed by atoms with Crippen molar-refractivity contribution >= 4 is 21.6 Å². The first-order valence-corrected chi connectivity index (χ1v) is 11.7. The molecule has 0 spiro atoms. The number of ether oxygens (including phenoxy) is 1. The van der Waals surface area contributed by atoms with Crippen molar-refractivity contribution in [1.29, 1.82) is 0 Å². The maximum absolute atomic E-state index is 12.7. The lowest BCUT2D eigenvalue weighted by Crippen LogP contribution is -2.42. The Balaban J connectivity index is 1.74. The number of hydrogen-bond donors (Lipinski definition) is 1. The Labute approximate surface area is 172 Å². The average molecular weight is 417 g/mol. The molecule has 0 aromatic heterocycles.